The van der Waals surface area contributed by atoms with Crippen LogP contribution in [0.15, 0.2) is 18.5 Å². The van der Waals surface area contributed by atoms with Crippen molar-refractivity contribution in [1.29, 1.82) is 0 Å². The summed E-state index contributed by atoms with van der Waals surface area (Å²) < 4.78 is 13.3. The van der Waals surface area contributed by atoms with Gasteiger partial charge in [-0.2, -0.15) is 0 Å². The molecule has 1 amide bonds. The van der Waals surface area contributed by atoms with E-state index in [0.29, 0.717) is 12.5 Å². The highest BCUT2D eigenvalue weighted by atomic mass is 19.1. The monoisotopic (exact) mass is 224 g/mol. The largest absolute Gasteiger partial charge is 0.341 e. The summed E-state index contributed by atoms with van der Waals surface area (Å²) in [5.41, 5.74) is 0.0841. The fourth-order valence-electron chi connectivity index (χ4n) is 1.43. The number of pyridine rings is 1. The van der Waals surface area contributed by atoms with E-state index in [1.807, 2.05) is 0 Å². The van der Waals surface area contributed by atoms with Crippen LogP contribution in [0, 0.1) is 11.7 Å². The van der Waals surface area contributed by atoms with Crippen LogP contribution in [-0.2, 0) is 0 Å². The molecular formula is C12H17FN2O. The second-order valence-corrected chi connectivity index (χ2v) is 4.05. The molecule has 4 heteroatoms. The van der Waals surface area contributed by atoms with Gasteiger partial charge in [-0.25, -0.2) is 4.39 Å². The van der Waals surface area contributed by atoms with Crippen LogP contribution in [0.4, 0.5) is 4.39 Å². The maximum Gasteiger partial charge on any atom is 0.256 e. The van der Waals surface area contributed by atoms with Gasteiger partial charge >= 0.3 is 0 Å². The molecule has 0 saturated carbocycles. The van der Waals surface area contributed by atoms with E-state index in [1.54, 1.807) is 11.9 Å². The Morgan fingerprint density at radius 3 is 2.88 bits per heavy atom. The quantitative estimate of drug-likeness (QED) is 0.786. The molecule has 0 fully saturated rings. The van der Waals surface area contributed by atoms with Crippen molar-refractivity contribution in [1.82, 2.24) is 9.88 Å². The van der Waals surface area contributed by atoms with Gasteiger partial charge in [0.15, 0.2) is 5.82 Å². The van der Waals surface area contributed by atoms with E-state index in [4.69, 9.17) is 0 Å². The highest BCUT2D eigenvalue weighted by Gasteiger charge is 2.17. The summed E-state index contributed by atoms with van der Waals surface area (Å²) in [7, 11) is 1.69. The van der Waals surface area contributed by atoms with E-state index in [2.05, 4.69) is 18.8 Å². The van der Waals surface area contributed by atoms with Gasteiger partial charge in [0.25, 0.3) is 5.91 Å². The van der Waals surface area contributed by atoms with Gasteiger partial charge in [-0.15, -0.1) is 0 Å². The highest BCUT2D eigenvalue weighted by Crippen LogP contribution is 2.10. The van der Waals surface area contributed by atoms with Crippen molar-refractivity contribution in [2.75, 3.05) is 13.6 Å². The van der Waals surface area contributed by atoms with Gasteiger partial charge in [-0.3, -0.25) is 9.78 Å². The highest BCUT2D eigenvalue weighted by molar-refractivity contribution is 5.94. The Balaban J connectivity index is 2.75. The number of halogens is 1. The van der Waals surface area contributed by atoms with E-state index in [0.717, 1.165) is 12.6 Å². The molecule has 1 atom stereocenters. The molecule has 88 valence electrons. The first-order valence-corrected chi connectivity index (χ1v) is 5.41. The zero-order valence-corrected chi connectivity index (χ0v) is 9.90. The molecule has 16 heavy (non-hydrogen) atoms. The summed E-state index contributed by atoms with van der Waals surface area (Å²) in [5, 5.41) is 0. The van der Waals surface area contributed by atoms with Crippen LogP contribution in [-0.4, -0.2) is 29.4 Å². The molecule has 0 aliphatic rings. The van der Waals surface area contributed by atoms with Crippen LogP contribution < -0.4 is 0 Å². The number of carbonyl (C=O) groups excluding carboxylic acids is 1. The van der Waals surface area contributed by atoms with Crippen molar-refractivity contribution >= 4 is 5.91 Å². The van der Waals surface area contributed by atoms with Crippen molar-refractivity contribution in [3.63, 3.8) is 0 Å². The molecule has 0 bridgehead atoms. The van der Waals surface area contributed by atoms with Crippen molar-refractivity contribution in [2.45, 2.75) is 20.3 Å². The van der Waals surface area contributed by atoms with Gasteiger partial charge in [-0.1, -0.05) is 20.3 Å². The van der Waals surface area contributed by atoms with Gasteiger partial charge < -0.3 is 4.90 Å². The minimum Gasteiger partial charge on any atom is -0.341 e. The number of hydrogen-bond donors (Lipinski definition) is 0. The maximum atomic E-state index is 13.3. The summed E-state index contributed by atoms with van der Waals surface area (Å²) in [4.78, 5) is 17.0. The normalized spacial score (nSPS) is 12.2. The molecule has 0 aliphatic carbocycles. The summed E-state index contributed by atoms with van der Waals surface area (Å²) in [6, 6.07) is 1.41. The minimum absolute atomic E-state index is 0.0841. The van der Waals surface area contributed by atoms with E-state index in [1.165, 1.54) is 12.3 Å². The topological polar surface area (TPSA) is 33.2 Å². The van der Waals surface area contributed by atoms with E-state index in [9.17, 15) is 9.18 Å². The third-order valence-corrected chi connectivity index (χ3v) is 2.63. The van der Waals surface area contributed by atoms with Crippen LogP contribution in [0.1, 0.15) is 30.6 Å². The lowest BCUT2D eigenvalue weighted by Gasteiger charge is -2.20. The fraction of sp³-hybridized carbons (Fsp3) is 0.500. The Morgan fingerprint density at radius 1 is 1.62 bits per heavy atom. The van der Waals surface area contributed by atoms with Crippen molar-refractivity contribution in [3.8, 4) is 0 Å². The fourth-order valence-corrected chi connectivity index (χ4v) is 1.43. The standard InChI is InChI=1S/C12H17FN2O/c1-4-9(2)8-15(3)12(16)10-5-6-14-7-11(10)13/h5-7,9H,4,8H2,1-3H3. The Bertz CT molecular complexity index is 368. The predicted octanol–water partition coefficient (Wildman–Crippen LogP) is 2.34. The average Bonchev–Trinajstić information content (AvgIpc) is 2.28. The van der Waals surface area contributed by atoms with Crippen molar-refractivity contribution in [3.05, 3.63) is 29.8 Å². The van der Waals surface area contributed by atoms with E-state index >= 15 is 0 Å². The Morgan fingerprint density at radius 2 is 2.31 bits per heavy atom. The SMILES string of the molecule is CCC(C)CN(C)C(=O)c1ccncc1F. The van der Waals surface area contributed by atoms with Crippen LogP contribution >= 0.6 is 0 Å². The Labute approximate surface area is 95.3 Å². The lowest BCUT2D eigenvalue weighted by atomic mass is 10.1. The van der Waals surface area contributed by atoms with Gasteiger partial charge in [0.05, 0.1) is 11.8 Å². The van der Waals surface area contributed by atoms with Crippen molar-refractivity contribution < 1.29 is 9.18 Å². The lowest BCUT2D eigenvalue weighted by molar-refractivity contribution is 0.0770. The summed E-state index contributed by atoms with van der Waals surface area (Å²) >= 11 is 0. The number of carbonyl (C=O) groups is 1. The molecular weight excluding hydrogens is 207 g/mol. The Hall–Kier alpha value is -1.45. The molecule has 1 aromatic heterocycles. The molecule has 0 aliphatic heterocycles. The summed E-state index contributed by atoms with van der Waals surface area (Å²) in [6.07, 6.45) is 3.48. The number of hydrogen-bond acceptors (Lipinski definition) is 2. The second-order valence-electron chi connectivity index (χ2n) is 4.05. The average molecular weight is 224 g/mol. The van der Waals surface area contributed by atoms with Crippen LogP contribution in [0.2, 0.25) is 0 Å². The minimum atomic E-state index is -0.566. The second kappa shape index (κ2) is 5.58. The molecule has 1 heterocycles. The number of rotatable bonds is 4. The molecule has 0 spiro atoms. The molecule has 1 rings (SSSR count). The third kappa shape index (κ3) is 3.02. The zero-order valence-electron chi connectivity index (χ0n) is 9.90. The van der Waals surface area contributed by atoms with Gasteiger partial charge in [0.2, 0.25) is 0 Å². The molecule has 3 nitrogen and oxygen atoms in total. The molecule has 0 N–H and O–H groups in total. The van der Waals surface area contributed by atoms with Gasteiger partial charge in [0.1, 0.15) is 0 Å². The first-order valence-electron chi connectivity index (χ1n) is 5.41. The van der Waals surface area contributed by atoms with Crippen LogP contribution in [0.25, 0.3) is 0 Å². The van der Waals surface area contributed by atoms with Crippen molar-refractivity contribution in [2.24, 2.45) is 5.92 Å². The van der Waals surface area contributed by atoms with Crippen LogP contribution in [0.5, 0.6) is 0 Å². The van der Waals surface area contributed by atoms with Gasteiger partial charge in [0, 0.05) is 19.8 Å². The number of amides is 1. The summed E-state index contributed by atoms with van der Waals surface area (Å²) in [6.45, 7) is 4.76. The number of nitrogens with zero attached hydrogens (tertiary/aromatic N) is 2. The number of aromatic nitrogens is 1. The third-order valence-electron chi connectivity index (χ3n) is 2.63. The lowest BCUT2D eigenvalue weighted by Crippen LogP contribution is -2.31. The molecule has 0 saturated heterocycles. The van der Waals surface area contributed by atoms with Crippen LogP contribution in [0.3, 0.4) is 0 Å². The van der Waals surface area contributed by atoms with E-state index < -0.39 is 5.82 Å². The smallest absolute Gasteiger partial charge is 0.256 e. The maximum absolute atomic E-state index is 13.3. The Kier molecular flexibility index (Phi) is 4.40. The molecule has 1 aromatic rings. The first kappa shape index (κ1) is 12.6. The molecule has 0 radical (unpaired) electrons. The first-order chi connectivity index (χ1) is 7.56. The van der Waals surface area contributed by atoms with E-state index in [-0.39, 0.29) is 11.5 Å². The zero-order chi connectivity index (χ0) is 12.1. The predicted molar refractivity (Wildman–Crippen MR) is 60.6 cm³/mol. The molecule has 0 aromatic carbocycles. The molecule has 1 unspecified atom stereocenters. The van der Waals surface area contributed by atoms with Gasteiger partial charge in [-0.05, 0) is 12.0 Å². The summed E-state index contributed by atoms with van der Waals surface area (Å²) in [5.74, 6) is -0.442.